The van der Waals surface area contributed by atoms with Crippen molar-refractivity contribution < 1.29 is 19.5 Å². The lowest BCUT2D eigenvalue weighted by Crippen LogP contribution is -2.58. The Kier molecular flexibility index (Phi) is 20.7. The molecule has 0 radical (unpaired) electrons. The Balaban J connectivity index is 0.000000124. The molecule has 6 saturated heterocycles. The molecule has 5 aliphatic carbocycles. The van der Waals surface area contributed by atoms with Gasteiger partial charge in [0, 0.05) is 86.3 Å². The third kappa shape index (κ3) is 13.8. The summed E-state index contributed by atoms with van der Waals surface area (Å²) in [5.74, 6) is 2.00. The summed E-state index contributed by atoms with van der Waals surface area (Å²) in [4.78, 5) is 97.8. The number of carboxylic acids is 1. The molecule has 97 heavy (non-hydrogen) atoms. The van der Waals surface area contributed by atoms with Gasteiger partial charge in [0.25, 0.3) is 16.7 Å². The first-order valence-corrected chi connectivity index (χ1v) is 38.4. The monoisotopic (exact) mass is 1320 g/mol. The number of aromatic nitrogens is 6. The molecule has 1 N–H and O–H groups in total. The van der Waals surface area contributed by atoms with E-state index in [9.17, 15) is 33.9 Å². The fourth-order valence-electron chi connectivity index (χ4n) is 22.5. The molecule has 10 bridgehead atoms. The van der Waals surface area contributed by atoms with Gasteiger partial charge in [-0.3, -0.25) is 38.7 Å². The molecule has 13 atom stereocenters. The summed E-state index contributed by atoms with van der Waals surface area (Å²) in [6.45, 7) is 2.91. The van der Waals surface area contributed by atoms with Crippen LogP contribution in [0.5, 0.6) is 0 Å². The Morgan fingerprint density at radius 3 is 0.938 bits per heavy atom. The maximum atomic E-state index is 13.4. The zero-order chi connectivity index (χ0) is 65.7. The number of carbonyl (C=O) groups excluding carboxylic acids is 2. The van der Waals surface area contributed by atoms with E-state index in [2.05, 4.69) is 29.7 Å². The first-order valence-electron chi connectivity index (χ1n) is 38.4. The summed E-state index contributed by atoms with van der Waals surface area (Å²) in [6, 6.07) is 28.9. The number of ketones is 2. The van der Waals surface area contributed by atoms with Crippen LogP contribution in [0.4, 0.5) is 0 Å². The Bertz CT molecular complexity index is 3950. The predicted octanol–water partition coefficient (Wildman–Crippen LogP) is 16.0. The second-order valence-corrected chi connectivity index (χ2v) is 32.1. The van der Waals surface area contributed by atoms with Gasteiger partial charge in [-0.15, -0.1) is 0 Å². The van der Waals surface area contributed by atoms with E-state index in [1.807, 2.05) is 81.9 Å². The number of hydrogen-bond donors (Lipinski definition) is 1. The molecule has 17 rings (SSSR count). The molecular weight excluding hydrogens is 1210 g/mol. The number of aromatic carboxylic acids is 1. The molecule has 5 saturated carbocycles. The molecule has 11 aliphatic rings. The van der Waals surface area contributed by atoms with Crippen LogP contribution >= 0.6 is 0 Å². The van der Waals surface area contributed by atoms with E-state index in [0.717, 1.165) is 95.8 Å². The maximum absolute atomic E-state index is 13.4. The van der Waals surface area contributed by atoms with Crippen molar-refractivity contribution in [3.05, 3.63) is 121 Å². The van der Waals surface area contributed by atoms with Gasteiger partial charge in [0.2, 0.25) is 5.69 Å². The Hall–Kier alpha value is -6.23. The fraction of sp³-hybridized carbons (Fsp3) is 0.667. The third-order valence-corrected chi connectivity index (χ3v) is 26.2. The number of piperidine rings is 4. The van der Waals surface area contributed by atoms with Gasteiger partial charge < -0.3 is 18.8 Å². The maximum Gasteiger partial charge on any atom is 0.360 e. The number of fused-ring (bicyclic) bond motifs is 13. The molecule has 11 fully saturated rings. The van der Waals surface area contributed by atoms with E-state index in [0.29, 0.717) is 53.9 Å². The summed E-state index contributed by atoms with van der Waals surface area (Å²) in [6.07, 6.45) is 45.4. The standard InChI is InChI=1S/C28H39N3O2.C27H35N3O2.C25H31N3O3.CH4/c1-20(32)27-28(33)31(26-15-11-10-14-25(26)29-27)24-18-22-16-17-23(19-24)30(22)21-12-8-6-4-2-3-5-7-9-13-21;1-17(31)26-27(32)30(25-11-3-2-10-24(25)28-26)23-15-20-8-5-9-21(16-23)29(20)22-13-18-6-4-7-19(12-18)14-22;29-24-23(25(30)31)26-21-6-1-2-7-22(21)28(24)20-13-17-8-9-18(14-20)27(17)19-11-15-4-3-5-16(10-15)12-19;/h10-11,14-15,21-24H,2-9,12-13,16-19H2,1H3;2-3,10-11,18-23H,4-9,12-16H2,1H3;1-2,6-7,15-20H,3-5,8-14H2,(H,30,31);1H4/t22-,23+,24?;18?,19?,20-,21+,22?,23?;15?,16?,17-,18+,19?,20?;. The smallest absolute Gasteiger partial charge is 0.360 e. The van der Waals surface area contributed by atoms with E-state index in [1.165, 1.54) is 200 Å². The fourth-order valence-corrected chi connectivity index (χ4v) is 22.5. The highest BCUT2D eigenvalue weighted by atomic mass is 16.4. The number of rotatable bonds is 9. The quantitative estimate of drug-likeness (QED) is 0.135. The molecule has 7 unspecified atom stereocenters. The molecule has 520 valence electrons. The second-order valence-electron chi connectivity index (χ2n) is 32.1. The van der Waals surface area contributed by atoms with Crippen molar-refractivity contribution in [1.29, 1.82) is 0 Å². The zero-order valence-corrected chi connectivity index (χ0v) is 57.3. The van der Waals surface area contributed by atoms with Gasteiger partial charge >= 0.3 is 5.97 Å². The number of carboxylic acid groups (broad SMARTS) is 1. The summed E-state index contributed by atoms with van der Waals surface area (Å²) < 4.78 is 5.64. The van der Waals surface area contributed by atoms with Crippen LogP contribution in [0.2, 0.25) is 0 Å². The van der Waals surface area contributed by atoms with E-state index >= 15 is 0 Å². The zero-order valence-electron chi connectivity index (χ0n) is 57.3. The lowest BCUT2D eigenvalue weighted by molar-refractivity contribution is -0.0486. The SMILES string of the molecule is C.CC(=O)c1nc2ccccc2n(C2C[C@H]3CCC[C@@H](C2)N3C2CC3CCCC(C3)C2)c1=O.CC(=O)c1nc2ccccc2n(C2C[C@H]3CC[C@@H](C2)N3C2CCCCCCCCCC2)c1=O.O=C(O)c1nc2ccccc2n(C2C[C@H]3CC[C@@H](C2)N3C2CC3CCCC(C3)C2)c1=O. The molecular formula is C81H109N9O7. The highest BCUT2D eigenvalue weighted by Crippen LogP contribution is 2.51. The Labute approximate surface area is 573 Å². The molecule has 3 aromatic heterocycles. The average molecular weight is 1320 g/mol. The summed E-state index contributed by atoms with van der Waals surface area (Å²) >= 11 is 0. The van der Waals surface area contributed by atoms with Crippen LogP contribution < -0.4 is 16.7 Å². The van der Waals surface area contributed by atoms with Crippen molar-refractivity contribution in [3.63, 3.8) is 0 Å². The number of benzene rings is 3. The van der Waals surface area contributed by atoms with Gasteiger partial charge in [0.1, 0.15) is 0 Å². The van der Waals surface area contributed by atoms with Crippen LogP contribution in [0, 0.1) is 23.7 Å². The lowest BCUT2D eigenvalue weighted by atomic mass is 9.68. The number of para-hydroxylation sites is 6. The van der Waals surface area contributed by atoms with E-state index in [1.54, 1.807) is 4.57 Å². The molecule has 9 heterocycles. The molecule has 16 heteroatoms. The highest BCUT2D eigenvalue weighted by Gasteiger charge is 2.50. The molecule has 3 aromatic carbocycles. The largest absolute Gasteiger partial charge is 0.476 e. The van der Waals surface area contributed by atoms with Gasteiger partial charge in [-0.1, -0.05) is 140 Å². The van der Waals surface area contributed by atoms with Crippen molar-refractivity contribution >= 4 is 50.6 Å². The van der Waals surface area contributed by atoms with Crippen LogP contribution in [0.3, 0.4) is 0 Å². The minimum absolute atomic E-state index is 0. The number of carbonyl (C=O) groups is 3. The van der Waals surface area contributed by atoms with Gasteiger partial charge in [-0.25, -0.2) is 19.7 Å². The van der Waals surface area contributed by atoms with Crippen molar-refractivity contribution in [1.82, 2.24) is 43.4 Å². The normalized spacial score (nSPS) is 32.4. The Morgan fingerprint density at radius 2 is 0.598 bits per heavy atom. The number of Topliss-reactive ketones (excluding diaryl/α,β-unsaturated/α-hetero) is 2. The minimum Gasteiger partial charge on any atom is -0.476 e. The first kappa shape index (κ1) is 67.9. The van der Waals surface area contributed by atoms with E-state index < -0.39 is 11.5 Å². The topological polar surface area (TPSA) is 186 Å². The Morgan fingerprint density at radius 1 is 0.320 bits per heavy atom. The van der Waals surface area contributed by atoms with Crippen molar-refractivity contribution in [3.8, 4) is 0 Å². The van der Waals surface area contributed by atoms with Crippen LogP contribution in [0.25, 0.3) is 33.1 Å². The average Bonchev–Trinajstić information content (AvgIpc) is 1.73. The molecule has 0 spiro atoms. The van der Waals surface area contributed by atoms with Crippen molar-refractivity contribution in [2.45, 2.75) is 319 Å². The summed E-state index contributed by atoms with van der Waals surface area (Å²) in [7, 11) is 0. The van der Waals surface area contributed by atoms with E-state index in [4.69, 9.17) is 0 Å². The van der Waals surface area contributed by atoms with E-state index in [-0.39, 0.29) is 65.3 Å². The van der Waals surface area contributed by atoms with Gasteiger partial charge in [-0.2, -0.15) is 0 Å². The van der Waals surface area contributed by atoms with Gasteiger partial charge in [0.05, 0.1) is 33.1 Å². The van der Waals surface area contributed by atoms with Gasteiger partial charge in [0.15, 0.2) is 23.0 Å². The molecule has 6 aliphatic heterocycles. The predicted molar refractivity (Wildman–Crippen MR) is 384 cm³/mol. The third-order valence-electron chi connectivity index (χ3n) is 26.2. The van der Waals surface area contributed by atoms with Crippen LogP contribution in [0.15, 0.2) is 87.2 Å². The number of hydrogen-bond acceptors (Lipinski definition) is 12. The van der Waals surface area contributed by atoms with Crippen LogP contribution in [-0.2, 0) is 0 Å². The highest BCUT2D eigenvalue weighted by molar-refractivity contribution is 5.94. The summed E-state index contributed by atoms with van der Waals surface area (Å²) in [5.41, 5.74) is 3.61. The van der Waals surface area contributed by atoms with Crippen LogP contribution in [-0.4, -0.2) is 120 Å². The first-order chi connectivity index (χ1) is 46.8. The molecule has 6 aromatic rings. The lowest BCUT2D eigenvalue weighted by Gasteiger charge is -2.55. The molecule has 16 nitrogen and oxygen atoms in total. The number of nitrogens with zero attached hydrogens (tertiary/aromatic N) is 9. The van der Waals surface area contributed by atoms with Crippen LogP contribution in [0.1, 0.15) is 296 Å². The summed E-state index contributed by atoms with van der Waals surface area (Å²) in [5, 5.41) is 9.57. The minimum atomic E-state index is -1.24. The second kappa shape index (κ2) is 29.5. The molecule has 0 amide bonds. The van der Waals surface area contributed by atoms with Crippen molar-refractivity contribution in [2.24, 2.45) is 23.7 Å². The van der Waals surface area contributed by atoms with Crippen molar-refractivity contribution in [2.75, 3.05) is 0 Å². The van der Waals surface area contributed by atoms with Gasteiger partial charge in [-0.05, 0) is 188 Å².